The van der Waals surface area contributed by atoms with Crippen LogP contribution in [0.2, 0.25) is 5.15 Å². The smallest absolute Gasteiger partial charge is 0.345 e. The first-order valence-electron chi connectivity index (χ1n) is 11.1. The van der Waals surface area contributed by atoms with E-state index in [-0.39, 0.29) is 16.5 Å². The fraction of sp³-hybridized carbons (Fsp3) is 0.167. The molecule has 5 aromatic rings. The molecule has 0 amide bonds. The fourth-order valence-corrected chi connectivity index (χ4v) is 5.77. The zero-order valence-corrected chi connectivity index (χ0v) is 20.4. The van der Waals surface area contributed by atoms with Gasteiger partial charge in [0, 0.05) is 17.3 Å². The normalized spacial score (nSPS) is 14.8. The van der Waals surface area contributed by atoms with Gasteiger partial charge in [0.25, 0.3) is 5.56 Å². The van der Waals surface area contributed by atoms with Crippen LogP contribution < -0.4 is 5.56 Å². The number of hydrogen-bond donors (Lipinski definition) is 2. The highest BCUT2D eigenvalue weighted by Crippen LogP contribution is 2.37. The molecule has 0 radical (unpaired) electrons. The maximum Gasteiger partial charge on any atom is 0.345 e. The highest BCUT2D eigenvalue weighted by Gasteiger charge is 2.29. The number of hydrogen-bond acceptors (Lipinski definition) is 7. The van der Waals surface area contributed by atoms with Gasteiger partial charge < -0.3 is 14.7 Å². The summed E-state index contributed by atoms with van der Waals surface area (Å²) in [5.74, 6) is -0.430. The number of imidazole rings is 1. The van der Waals surface area contributed by atoms with E-state index in [4.69, 9.17) is 11.6 Å². The van der Waals surface area contributed by atoms with E-state index in [0.717, 1.165) is 39.4 Å². The van der Waals surface area contributed by atoms with Crippen molar-refractivity contribution >= 4 is 28.9 Å². The van der Waals surface area contributed by atoms with Gasteiger partial charge in [0.15, 0.2) is 0 Å². The Kier molecular flexibility index (Phi) is 5.31. The van der Waals surface area contributed by atoms with Crippen LogP contribution in [0, 0.1) is 6.92 Å². The van der Waals surface area contributed by atoms with Gasteiger partial charge in [0.2, 0.25) is 0 Å². The molecular weight excluding hydrogens is 502 g/mol. The van der Waals surface area contributed by atoms with Crippen LogP contribution in [0.3, 0.4) is 0 Å². The molecule has 2 N–H and O–H groups in total. The predicted octanol–water partition coefficient (Wildman–Crippen LogP) is 4.14. The minimum absolute atomic E-state index is 0.146. The van der Waals surface area contributed by atoms with Gasteiger partial charge in [0.1, 0.15) is 27.9 Å². The number of nitrogens with one attached hydrogen (secondary N) is 1. The van der Waals surface area contributed by atoms with E-state index >= 15 is 0 Å². The largest absolute Gasteiger partial charge is 0.477 e. The SMILES string of the molecule is Cc1ccc(-n2cnnn2)c(-c2cc3n(c(=O)c2)C(c2nc(-c4ccc(C(=O)O)s4)c(Cl)[nH]2)CC3)c1. The van der Waals surface area contributed by atoms with Crippen molar-refractivity contribution in [1.29, 1.82) is 0 Å². The van der Waals surface area contributed by atoms with Gasteiger partial charge in [-0.2, -0.15) is 4.68 Å². The highest BCUT2D eigenvalue weighted by atomic mass is 35.5. The molecule has 1 unspecified atom stereocenters. The second-order valence-corrected chi connectivity index (χ2v) is 9.99. The second kappa shape index (κ2) is 8.54. The molecular formula is C24H18ClN7O3S. The quantitative estimate of drug-likeness (QED) is 0.356. The van der Waals surface area contributed by atoms with E-state index in [0.29, 0.717) is 34.4 Å². The van der Waals surface area contributed by atoms with Crippen LogP contribution in [0.4, 0.5) is 0 Å². The molecule has 1 atom stereocenters. The number of carboxylic acids is 1. The zero-order chi connectivity index (χ0) is 25.0. The van der Waals surface area contributed by atoms with E-state index in [1.807, 2.05) is 31.2 Å². The predicted molar refractivity (Wildman–Crippen MR) is 134 cm³/mol. The molecule has 0 fully saturated rings. The van der Waals surface area contributed by atoms with Crippen molar-refractivity contribution < 1.29 is 9.90 Å². The first-order valence-corrected chi connectivity index (χ1v) is 12.3. The monoisotopic (exact) mass is 519 g/mol. The van der Waals surface area contributed by atoms with Crippen LogP contribution in [0.1, 0.15) is 39.2 Å². The lowest BCUT2D eigenvalue weighted by Crippen LogP contribution is -2.24. The van der Waals surface area contributed by atoms with Gasteiger partial charge in [-0.25, -0.2) is 9.78 Å². The van der Waals surface area contributed by atoms with Crippen molar-refractivity contribution in [3.63, 3.8) is 0 Å². The van der Waals surface area contributed by atoms with Crippen molar-refractivity contribution in [2.45, 2.75) is 25.8 Å². The second-order valence-electron chi connectivity index (χ2n) is 8.53. The first-order chi connectivity index (χ1) is 17.4. The van der Waals surface area contributed by atoms with Crippen molar-refractivity contribution in [1.82, 2.24) is 34.7 Å². The van der Waals surface area contributed by atoms with Crippen molar-refractivity contribution in [2.24, 2.45) is 0 Å². The lowest BCUT2D eigenvalue weighted by atomic mass is 10.0. The van der Waals surface area contributed by atoms with Crippen molar-refractivity contribution in [3.05, 3.63) is 86.3 Å². The van der Waals surface area contributed by atoms with Gasteiger partial charge in [-0.05, 0) is 66.1 Å². The lowest BCUT2D eigenvalue weighted by molar-refractivity contribution is 0.0702. The third-order valence-electron chi connectivity index (χ3n) is 6.24. The molecule has 6 rings (SSSR count). The number of aryl methyl sites for hydroxylation is 2. The average molecular weight is 520 g/mol. The molecule has 0 spiro atoms. The van der Waals surface area contributed by atoms with Crippen LogP contribution >= 0.6 is 22.9 Å². The van der Waals surface area contributed by atoms with E-state index in [1.165, 1.54) is 12.4 Å². The maximum atomic E-state index is 13.4. The summed E-state index contributed by atoms with van der Waals surface area (Å²) in [6.07, 6.45) is 2.89. The Morgan fingerprint density at radius 2 is 2.08 bits per heavy atom. The minimum Gasteiger partial charge on any atom is -0.477 e. The number of nitrogens with zero attached hydrogens (tertiary/aromatic N) is 6. The number of H-pyrrole nitrogens is 1. The molecule has 10 nitrogen and oxygen atoms in total. The Balaban J connectivity index is 1.39. The summed E-state index contributed by atoms with van der Waals surface area (Å²) in [6.45, 7) is 1.99. The number of halogens is 1. The van der Waals surface area contributed by atoms with Crippen LogP contribution in [0.25, 0.3) is 27.4 Å². The van der Waals surface area contributed by atoms with Gasteiger partial charge in [-0.3, -0.25) is 4.79 Å². The molecule has 180 valence electrons. The molecule has 4 aromatic heterocycles. The Morgan fingerprint density at radius 3 is 2.83 bits per heavy atom. The van der Waals surface area contributed by atoms with E-state index in [2.05, 4.69) is 25.5 Å². The van der Waals surface area contributed by atoms with Gasteiger partial charge in [-0.15, -0.1) is 16.4 Å². The summed E-state index contributed by atoms with van der Waals surface area (Å²) in [5.41, 5.74) is 4.72. The molecule has 36 heavy (non-hydrogen) atoms. The molecule has 1 aliphatic rings. The Bertz CT molecular complexity index is 1690. The van der Waals surface area contributed by atoms with Crippen LogP contribution in [-0.2, 0) is 6.42 Å². The molecule has 12 heteroatoms. The third-order valence-corrected chi connectivity index (χ3v) is 7.59. The molecule has 0 saturated heterocycles. The summed E-state index contributed by atoms with van der Waals surface area (Å²) >= 11 is 7.54. The molecule has 0 aliphatic carbocycles. The summed E-state index contributed by atoms with van der Waals surface area (Å²) in [6, 6.07) is 12.5. The molecule has 1 aromatic carbocycles. The first kappa shape index (κ1) is 22.4. The number of aromatic nitrogens is 7. The van der Waals surface area contributed by atoms with Crippen LogP contribution in [0.5, 0.6) is 0 Å². The number of pyridine rings is 1. The number of benzene rings is 1. The highest BCUT2D eigenvalue weighted by molar-refractivity contribution is 7.17. The Labute approximate surface area is 212 Å². The summed E-state index contributed by atoms with van der Waals surface area (Å²) in [7, 11) is 0. The van der Waals surface area contributed by atoms with Gasteiger partial charge >= 0.3 is 5.97 Å². The lowest BCUT2D eigenvalue weighted by Gasteiger charge is -2.15. The van der Waals surface area contributed by atoms with Gasteiger partial charge in [0.05, 0.1) is 16.6 Å². The number of carbonyl (C=O) groups is 1. The Hall–Kier alpha value is -4.09. The molecule has 0 bridgehead atoms. The van der Waals surface area contributed by atoms with Gasteiger partial charge in [-0.1, -0.05) is 23.2 Å². The van der Waals surface area contributed by atoms with Crippen molar-refractivity contribution in [3.8, 4) is 27.4 Å². The minimum atomic E-state index is -0.998. The molecule has 1 aliphatic heterocycles. The van der Waals surface area contributed by atoms with Crippen LogP contribution in [0.15, 0.2) is 53.6 Å². The number of thiophene rings is 1. The van der Waals surface area contributed by atoms with Crippen molar-refractivity contribution in [2.75, 3.05) is 0 Å². The summed E-state index contributed by atoms with van der Waals surface area (Å²) < 4.78 is 3.32. The number of aromatic amines is 1. The third kappa shape index (κ3) is 3.73. The van der Waals surface area contributed by atoms with Crippen LogP contribution in [-0.4, -0.2) is 45.8 Å². The molecule has 5 heterocycles. The average Bonchev–Trinajstić information content (AvgIpc) is 3.64. The topological polar surface area (TPSA) is 132 Å². The summed E-state index contributed by atoms with van der Waals surface area (Å²) in [5, 5.41) is 21.0. The van der Waals surface area contributed by atoms with E-state index in [9.17, 15) is 14.7 Å². The van der Waals surface area contributed by atoms with E-state index < -0.39 is 5.97 Å². The zero-order valence-electron chi connectivity index (χ0n) is 18.8. The number of aromatic carboxylic acids is 1. The number of tetrazole rings is 1. The number of carboxylic acid groups (broad SMARTS) is 1. The Morgan fingerprint density at radius 1 is 1.22 bits per heavy atom. The fourth-order valence-electron chi connectivity index (χ4n) is 4.63. The number of fused-ring (bicyclic) bond motifs is 1. The number of rotatable bonds is 5. The van der Waals surface area contributed by atoms with E-state index in [1.54, 1.807) is 21.4 Å². The molecule has 0 saturated carbocycles. The standard InChI is InChI=1S/C24H18ClN7O3S/c1-12-2-4-16(31-11-26-29-30-31)15(8-12)13-9-14-3-5-17(32(14)20(33)10-13)23-27-21(22(25)28-23)18-6-7-19(36-18)24(34)35/h2,4,6-11,17H,3,5H2,1H3,(H,27,28)(H,34,35). The maximum absolute atomic E-state index is 13.4. The summed E-state index contributed by atoms with van der Waals surface area (Å²) in [4.78, 5) is 33.3.